The summed E-state index contributed by atoms with van der Waals surface area (Å²) in [5.74, 6) is -0.736. The van der Waals surface area contributed by atoms with E-state index in [1.54, 1.807) is 28.6 Å². The zero-order valence-electron chi connectivity index (χ0n) is 16.6. The number of sulfonamides is 1. The predicted octanol–water partition coefficient (Wildman–Crippen LogP) is 2.22. The number of aliphatic hydroxyl groups is 1. The highest BCUT2D eigenvalue weighted by atomic mass is 32.2. The Labute approximate surface area is 184 Å². The number of aliphatic hydroxyl groups excluding tert-OH is 1. The van der Waals surface area contributed by atoms with Gasteiger partial charge in [0.1, 0.15) is 0 Å². The molecule has 2 aromatic carbocycles. The predicted molar refractivity (Wildman–Crippen MR) is 118 cm³/mol. The van der Waals surface area contributed by atoms with E-state index in [-0.39, 0.29) is 30.5 Å². The quantitative estimate of drug-likeness (QED) is 0.596. The number of nitrogens with zero attached hydrogens (tertiary/aromatic N) is 3. The Kier molecular flexibility index (Phi) is 5.13. The van der Waals surface area contributed by atoms with Gasteiger partial charge in [-0.3, -0.25) is 4.79 Å². The Hall–Kier alpha value is -2.59. The van der Waals surface area contributed by atoms with Crippen LogP contribution in [0.5, 0.6) is 0 Å². The van der Waals surface area contributed by atoms with E-state index < -0.39 is 15.9 Å². The number of carbonyl (C=O) groups is 1. The third kappa shape index (κ3) is 3.57. The van der Waals surface area contributed by atoms with Crippen molar-refractivity contribution in [3.8, 4) is 0 Å². The summed E-state index contributed by atoms with van der Waals surface area (Å²) in [5, 5.41) is 9.80. The van der Waals surface area contributed by atoms with E-state index in [1.165, 1.54) is 15.6 Å². The maximum absolute atomic E-state index is 13.2. The molecule has 7 nitrogen and oxygen atoms in total. The zero-order valence-corrected chi connectivity index (χ0v) is 18.3. The van der Waals surface area contributed by atoms with Gasteiger partial charge in [0.05, 0.1) is 33.1 Å². The lowest BCUT2D eigenvalue weighted by molar-refractivity contribution is -0.132. The van der Waals surface area contributed by atoms with E-state index in [2.05, 4.69) is 4.98 Å². The first-order valence-corrected chi connectivity index (χ1v) is 12.3. The fraction of sp³-hybridized carbons (Fsp3) is 0.273. The first-order chi connectivity index (χ1) is 15.0. The standard InChI is InChI=1S/C22H21N3O4S2/c26-13-19(15-4-2-1-3-5-15)22(27)24-9-16-11-25(12-17(16)10-24)31(28,29)18-6-7-20-21(8-18)30-14-23-20/h1-8,14,19,26H,9-13H2/t19-/m1/s1. The monoisotopic (exact) mass is 455 g/mol. The molecule has 0 bridgehead atoms. The second-order valence-corrected chi connectivity index (χ2v) is 10.6. The number of hydrogen-bond donors (Lipinski definition) is 1. The molecule has 9 heteroatoms. The van der Waals surface area contributed by atoms with Crippen molar-refractivity contribution in [2.24, 2.45) is 0 Å². The Balaban J connectivity index is 1.29. The molecule has 0 saturated carbocycles. The number of thiazole rings is 1. The summed E-state index contributed by atoms with van der Waals surface area (Å²) in [6.07, 6.45) is 0. The molecule has 1 N–H and O–H groups in total. The van der Waals surface area contributed by atoms with Crippen molar-refractivity contribution >= 4 is 37.5 Å². The molecule has 2 aliphatic rings. The Morgan fingerprint density at radius 3 is 2.45 bits per heavy atom. The summed E-state index contributed by atoms with van der Waals surface area (Å²) >= 11 is 1.41. The van der Waals surface area contributed by atoms with Gasteiger partial charge in [-0.25, -0.2) is 13.4 Å². The summed E-state index contributed by atoms with van der Waals surface area (Å²) in [6.45, 7) is 1.12. The first kappa shape index (κ1) is 20.3. The number of amides is 1. The second kappa shape index (κ2) is 7.83. The lowest BCUT2D eigenvalue weighted by Gasteiger charge is -2.26. The number of carbonyl (C=O) groups excluding carboxylic acids is 1. The minimum absolute atomic E-state index is 0.131. The van der Waals surface area contributed by atoms with Gasteiger partial charge in [-0.2, -0.15) is 4.31 Å². The fourth-order valence-corrected chi connectivity index (χ4v) is 6.50. The van der Waals surface area contributed by atoms with E-state index >= 15 is 0 Å². The van der Waals surface area contributed by atoms with Crippen LogP contribution in [-0.4, -0.2) is 66.4 Å². The summed E-state index contributed by atoms with van der Waals surface area (Å²) in [6, 6.07) is 14.2. The molecule has 3 heterocycles. The van der Waals surface area contributed by atoms with E-state index in [0.717, 1.165) is 26.9 Å². The van der Waals surface area contributed by atoms with Crippen LogP contribution in [0.4, 0.5) is 0 Å². The maximum Gasteiger partial charge on any atom is 0.243 e. The molecule has 31 heavy (non-hydrogen) atoms. The van der Waals surface area contributed by atoms with Gasteiger partial charge >= 0.3 is 0 Å². The van der Waals surface area contributed by atoms with Crippen LogP contribution < -0.4 is 0 Å². The summed E-state index contributed by atoms with van der Waals surface area (Å²) in [7, 11) is -3.62. The zero-order chi connectivity index (χ0) is 21.6. The average molecular weight is 456 g/mol. The lowest BCUT2D eigenvalue weighted by Crippen LogP contribution is -2.39. The number of benzene rings is 2. The van der Waals surface area contributed by atoms with Gasteiger partial charge in [-0.1, -0.05) is 30.3 Å². The summed E-state index contributed by atoms with van der Waals surface area (Å²) in [5.41, 5.74) is 5.22. The Morgan fingerprint density at radius 2 is 1.77 bits per heavy atom. The molecule has 0 spiro atoms. The van der Waals surface area contributed by atoms with Crippen LogP contribution in [0.15, 0.2) is 70.1 Å². The minimum Gasteiger partial charge on any atom is -0.395 e. The SMILES string of the molecule is O=C([C@H](CO)c1ccccc1)N1CC2=C(C1)CN(S(=O)(=O)c1ccc3ncsc3c1)C2. The minimum atomic E-state index is -3.62. The third-order valence-corrected chi connectivity index (χ3v) is 8.51. The highest BCUT2D eigenvalue weighted by molar-refractivity contribution is 7.89. The number of rotatable bonds is 5. The topological polar surface area (TPSA) is 90.8 Å². The highest BCUT2D eigenvalue weighted by Gasteiger charge is 2.39. The van der Waals surface area contributed by atoms with Crippen LogP contribution in [0.25, 0.3) is 10.2 Å². The van der Waals surface area contributed by atoms with Crippen LogP contribution in [0, 0.1) is 0 Å². The third-order valence-electron chi connectivity index (χ3n) is 5.93. The largest absolute Gasteiger partial charge is 0.395 e. The van der Waals surface area contributed by atoms with Crippen molar-refractivity contribution in [2.45, 2.75) is 10.8 Å². The van der Waals surface area contributed by atoms with Crippen molar-refractivity contribution < 1.29 is 18.3 Å². The number of aromatic nitrogens is 1. The van der Waals surface area contributed by atoms with Crippen LogP contribution in [0.1, 0.15) is 11.5 Å². The van der Waals surface area contributed by atoms with Gasteiger partial charge in [0.2, 0.25) is 15.9 Å². The van der Waals surface area contributed by atoms with E-state index in [0.29, 0.717) is 13.1 Å². The van der Waals surface area contributed by atoms with Crippen LogP contribution in [0.3, 0.4) is 0 Å². The fourth-order valence-electron chi connectivity index (χ4n) is 4.25. The maximum atomic E-state index is 13.2. The normalized spacial score (nSPS) is 18.0. The molecule has 0 radical (unpaired) electrons. The lowest BCUT2D eigenvalue weighted by atomic mass is 9.98. The van der Waals surface area contributed by atoms with Gasteiger partial charge in [-0.15, -0.1) is 11.3 Å². The van der Waals surface area contributed by atoms with Gasteiger partial charge in [0.15, 0.2) is 0 Å². The van der Waals surface area contributed by atoms with Crippen molar-refractivity contribution in [3.05, 3.63) is 70.8 Å². The van der Waals surface area contributed by atoms with Crippen molar-refractivity contribution in [1.82, 2.24) is 14.2 Å². The Morgan fingerprint density at radius 1 is 1.06 bits per heavy atom. The summed E-state index contributed by atoms with van der Waals surface area (Å²) < 4.78 is 28.6. The molecule has 1 atom stereocenters. The number of fused-ring (bicyclic) bond motifs is 1. The molecule has 2 aliphatic heterocycles. The first-order valence-electron chi connectivity index (χ1n) is 9.95. The van der Waals surface area contributed by atoms with Crippen LogP contribution in [0.2, 0.25) is 0 Å². The van der Waals surface area contributed by atoms with Gasteiger partial charge in [-0.05, 0) is 34.9 Å². The molecule has 0 saturated heterocycles. The summed E-state index contributed by atoms with van der Waals surface area (Å²) in [4.78, 5) is 19.2. The van der Waals surface area contributed by atoms with Gasteiger partial charge in [0, 0.05) is 26.2 Å². The molecule has 1 aromatic heterocycles. The Bertz CT molecular complexity index is 1270. The van der Waals surface area contributed by atoms with Crippen molar-refractivity contribution in [3.63, 3.8) is 0 Å². The number of hydrogen-bond acceptors (Lipinski definition) is 6. The van der Waals surface area contributed by atoms with Gasteiger partial charge < -0.3 is 10.0 Å². The van der Waals surface area contributed by atoms with E-state index in [1.807, 2.05) is 30.3 Å². The molecular formula is C22H21N3O4S2. The molecule has 0 unspecified atom stereocenters. The highest BCUT2D eigenvalue weighted by Crippen LogP contribution is 2.32. The van der Waals surface area contributed by atoms with Crippen LogP contribution in [-0.2, 0) is 14.8 Å². The van der Waals surface area contributed by atoms with E-state index in [9.17, 15) is 18.3 Å². The molecule has 5 rings (SSSR count). The van der Waals surface area contributed by atoms with Crippen LogP contribution >= 0.6 is 11.3 Å². The average Bonchev–Trinajstić information content (AvgIpc) is 3.49. The second-order valence-electron chi connectivity index (χ2n) is 7.80. The molecule has 1 amide bonds. The van der Waals surface area contributed by atoms with Crippen molar-refractivity contribution in [1.29, 1.82) is 0 Å². The van der Waals surface area contributed by atoms with Crippen molar-refractivity contribution in [2.75, 3.05) is 32.8 Å². The molecule has 0 fully saturated rings. The van der Waals surface area contributed by atoms with E-state index in [4.69, 9.17) is 0 Å². The molecular weight excluding hydrogens is 434 g/mol. The molecule has 3 aromatic rings. The van der Waals surface area contributed by atoms with Gasteiger partial charge in [0.25, 0.3) is 0 Å². The smallest absolute Gasteiger partial charge is 0.243 e. The molecule has 160 valence electrons. The molecule has 0 aliphatic carbocycles.